The summed E-state index contributed by atoms with van der Waals surface area (Å²) in [5.74, 6) is 0.648. The van der Waals surface area contributed by atoms with Crippen molar-refractivity contribution in [3.05, 3.63) is 65.7 Å². The molecular weight excluding hydrogens is 332 g/mol. The normalized spacial score (nSPS) is 10.8. The SMILES string of the molecule is COc1ccc(/C=N\NC(=O)c2ccc3ccccc3c2O)c(OC)c1. The lowest BCUT2D eigenvalue weighted by atomic mass is 10.1. The van der Waals surface area contributed by atoms with Crippen LogP contribution in [0, 0.1) is 0 Å². The maximum Gasteiger partial charge on any atom is 0.275 e. The fourth-order valence-corrected chi connectivity index (χ4v) is 2.58. The van der Waals surface area contributed by atoms with Crippen LogP contribution in [0.5, 0.6) is 17.2 Å². The predicted octanol–water partition coefficient (Wildman–Crippen LogP) is 3.33. The van der Waals surface area contributed by atoms with Crippen molar-refractivity contribution in [1.82, 2.24) is 5.43 Å². The Balaban J connectivity index is 1.79. The summed E-state index contributed by atoms with van der Waals surface area (Å²) in [6.07, 6.45) is 1.47. The van der Waals surface area contributed by atoms with Crippen LogP contribution in [0.1, 0.15) is 15.9 Å². The zero-order chi connectivity index (χ0) is 18.5. The van der Waals surface area contributed by atoms with E-state index in [-0.39, 0.29) is 11.3 Å². The van der Waals surface area contributed by atoms with Crippen molar-refractivity contribution in [2.75, 3.05) is 14.2 Å². The summed E-state index contributed by atoms with van der Waals surface area (Å²) in [7, 11) is 3.11. The van der Waals surface area contributed by atoms with Crippen molar-refractivity contribution < 1.29 is 19.4 Å². The Morgan fingerprint density at radius 3 is 2.65 bits per heavy atom. The molecule has 0 spiro atoms. The summed E-state index contributed by atoms with van der Waals surface area (Å²) in [5, 5.41) is 15.7. The fourth-order valence-electron chi connectivity index (χ4n) is 2.58. The van der Waals surface area contributed by atoms with Crippen LogP contribution < -0.4 is 14.9 Å². The molecule has 0 unspecified atom stereocenters. The first-order valence-corrected chi connectivity index (χ1v) is 7.90. The van der Waals surface area contributed by atoms with E-state index in [0.717, 1.165) is 5.39 Å². The van der Waals surface area contributed by atoms with Crippen molar-refractivity contribution in [2.24, 2.45) is 5.10 Å². The van der Waals surface area contributed by atoms with Crippen LogP contribution in [0.3, 0.4) is 0 Å². The Kier molecular flexibility index (Phi) is 5.03. The molecule has 3 aromatic rings. The van der Waals surface area contributed by atoms with Crippen LogP contribution >= 0.6 is 0 Å². The summed E-state index contributed by atoms with van der Waals surface area (Å²) in [4.78, 5) is 12.3. The number of hydrogen-bond donors (Lipinski definition) is 2. The molecule has 3 rings (SSSR count). The zero-order valence-electron chi connectivity index (χ0n) is 14.4. The highest BCUT2D eigenvalue weighted by atomic mass is 16.5. The third-order valence-electron chi connectivity index (χ3n) is 3.96. The van der Waals surface area contributed by atoms with E-state index in [2.05, 4.69) is 10.5 Å². The number of carbonyl (C=O) groups is 1. The maximum atomic E-state index is 12.3. The Morgan fingerprint density at radius 2 is 1.88 bits per heavy atom. The first kappa shape index (κ1) is 17.3. The second kappa shape index (κ2) is 7.57. The standard InChI is InChI=1S/C20H18N2O4/c1-25-15-9-7-14(18(11-15)26-2)12-21-22-20(24)17-10-8-13-5-3-4-6-16(13)19(17)23/h3-12,23H,1-2H3,(H,22,24)/b21-12-. The molecule has 1 amide bonds. The summed E-state index contributed by atoms with van der Waals surface area (Å²) in [5.41, 5.74) is 3.25. The van der Waals surface area contributed by atoms with E-state index in [9.17, 15) is 9.90 Å². The van der Waals surface area contributed by atoms with Gasteiger partial charge in [-0.1, -0.05) is 30.3 Å². The maximum absolute atomic E-state index is 12.3. The average molecular weight is 350 g/mol. The molecule has 3 aromatic carbocycles. The topological polar surface area (TPSA) is 80.2 Å². The van der Waals surface area contributed by atoms with Gasteiger partial charge in [0.05, 0.1) is 26.0 Å². The summed E-state index contributed by atoms with van der Waals surface area (Å²) < 4.78 is 10.4. The van der Waals surface area contributed by atoms with Crippen molar-refractivity contribution in [1.29, 1.82) is 0 Å². The first-order chi connectivity index (χ1) is 12.6. The zero-order valence-corrected chi connectivity index (χ0v) is 14.4. The molecule has 0 aromatic heterocycles. The average Bonchev–Trinajstić information content (AvgIpc) is 2.68. The minimum Gasteiger partial charge on any atom is -0.506 e. The van der Waals surface area contributed by atoms with Crippen molar-refractivity contribution in [2.45, 2.75) is 0 Å². The quantitative estimate of drug-likeness (QED) is 0.546. The molecule has 0 saturated carbocycles. The van der Waals surface area contributed by atoms with Crippen LogP contribution in [0.15, 0.2) is 59.7 Å². The minimum absolute atomic E-state index is 0.0715. The Hall–Kier alpha value is -3.54. The van der Waals surface area contributed by atoms with Crippen LogP contribution in [-0.4, -0.2) is 31.4 Å². The number of methoxy groups -OCH3 is 2. The van der Waals surface area contributed by atoms with Crippen LogP contribution in [0.4, 0.5) is 0 Å². The molecule has 2 N–H and O–H groups in total. The van der Waals surface area contributed by atoms with Crippen LogP contribution in [-0.2, 0) is 0 Å². The minimum atomic E-state index is -0.503. The van der Waals surface area contributed by atoms with Gasteiger partial charge in [-0.15, -0.1) is 0 Å². The van der Waals surface area contributed by atoms with Crippen LogP contribution in [0.2, 0.25) is 0 Å². The molecule has 0 aliphatic heterocycles. The summed E-state index contributed by atoms with van der Waals surface area (Å²) in [6.45, 7) is 0. The van der Waals surface area contributed by atoms with Gasteiger partial charge in [0.25, 0.3) is 5.91 Å². The van der Waals surface area contributed by atoms with E-state index in [1.54, 1.807) is 49.6 Å². The number of nitrogens with one attached hydrogen (secondary N) is 1. The number of phenolic OH excluding ortho intramolecular Hbond substituents is 1. The number of nitrogens with zero attached hydrogens (tertiary/aromatic N) is 1. The molecule has 0 fully saturated rings. The van der Waals surface area contributed by atoms with E-state index in [1.165, 1.54) is 13.3 Å². The highest BCUT2D eigenvalue weighted by molar-refractivity contribution is 6.03. The number of hydrazone groups is 1. The molecule has 0 atom stereocenters. The molecule has 0 saturated heterocycles. The van der Waals surface area contributed by atoms with Gasteiger partial charge in [0.2, 0.25) is 0 Å². The highest BCUT2D eigenvalue weighted by Gasteiger charge is 2.13. The fraction of sp³-hybridized carbons (Fsp3) is 0.100. The van der Waals surface area contributed by atoms with Gasteiger partial charge in [-0.25, -0.2) is 5.43 Å². The lowest BCUT2D eigenvalue weighted by molar-refractivity contribution is 0.0952. The molecular formula is C20H18N2O4. The molecule has 0 radical (unpaired) electrons. The largest absolute Gasteiger partial charge is 0.506 e. The van der Waals surface area contributed by atoms with E-state index in [4.69, 9.17) is 9.47 Å². The second-order valence-electron chi connectivity index (χ2n) is 5.49. The summed E-state index contributed by atoms with van der Waals surface area (Å²) >= 11 is 0. The number of aromatic hydroxyl groups is 1. The number of phenols is 1. The number of amides is 1. The number of benzene rings is 3. The number of rotatable bonds is 5. The number of ether oxygens (including phenoxy) is 2. The van der Waals surface area contributed by atoms with Crippen molar-refractivity contribution in [3.63, 3.8) is 0 Å². The van der Waals surface area contributed by atoms with Crippen LogP contribution in [0.25, 0.3) is 10.8 Å². The monoisotopic (exact) mass is 350 g/mol. The number of fused-ring (bicyclic) bond motifs is 1. The molecule has 0 aliphatic carbocycles. The first-order valence-electron chi connectivity index (χ1n) is 7.90. The molecule has 132 valence electrons. The van der Waals surface area contributed by atoms with E-state index in [0.29, 0.717) is 22.4 Å². The van der Waals surface area contributed by atoms with Gasteiger partial charge in [0.1, 0.15) is 17.2 Å². The van der Waals surface area contributed by atoms with Gasteiger partial charge in [-0.3, -0.25) is 4.79 Å². The summed E-state index contributed by atoms with van der Waals surface area (Å²) in [6, 6.07) is 15.9. The lowest BCUT2D eigenvalue weighted by Crippen LogP contribution is -2.17. The van der Waals surface area contributed by atoms with E-state index in [1.807, 2.05) is 12.1 Å². The van der Waals surface area contributed by atoms with Gasteiger partial charge in [0, 0.05) is 17.0 Å². The smallest absolute Gasteiger partial charge is 0.275 e. The van der Waals surface area contributed by atoms with Gasteiger partial charge < -0.3 is 14.6 Å². The second-order valence-corrected chi connectivity index (χ2v) is 5.49. The van der Waals surface area contributed by atoms with Gasteiger partial charge in [0.15, 0.2) is 0 Å². The molecule has 0 heterocycles. The third-order valence-corrected chi connectivity index (χ3v) is 3.96. The molecule has 6 nitrogen and oxygen atoms in total. The lowest BCUT2D eigenvalue weighted by Gasteiger charge is -2.08. The van der Waals surface area contributed by atoms with Crippen molar-refractivity contribution >= 4 is 22.9 Å². The van der Waals surface area contributed by atoms with Gasteiger partial charge in [-0.2, -0.15) is 5.10 Å². The Morgan fingerprint density at radius 1 is 1.08 bits per heavy atom. The molecule has 0 bridgehead atoms. The van der Waals surface area contributed by atoms with Gasteiger partial charge in [-0.05, 0) is 23.6 Å². The highest BCUT2D eigenvalue weighted by Crippen LogP contribution is 2.28. The number of carbonyl (C=O) groups excluding carboxylic acids is 1. The van der Waals surface area contributed by atoms with Gasteiger partial charge >= 0.3 is 0 Å². The Bertz CT molecular complexity index is 983. The number of hydrogen-bond acceptors (Lipinski definition) is 5. The molecule has 26 heavy (non-hydrogen) atoms. The van der Waals surface area contributed by atoms with Crippen molar-refractivity contribution in [3.8, 4) is 17.2 Å². The molecule has 0 aliphatic rings. The van der Waals surface area contributed by atoms with E-state index >= 15 is 0 Å². The Labute approximate surface area is 150 Å². The third kappa shape index (κ3) is 3.44. The molecule has 6 heteroatoms. The van der Waals surface area contributed by atoms with E-state index < -0.39 is 5.91 Å². The predicted molar refractivity (Wildman–Crippen MR) is 100 cm³/mol.